The van der Waals surface area contributed by atoms with Crippen molar-refractivity contribution in [1.29, 1.82) is 0 Å². The zero-order chi connectivity index (χ0) is 13.5. The first kappa shape index (κ1) is 13.9. The molecule has 1 saturated carbocycles. The van der Waals surface area contributed by atoms with Gasteiger partial charge < -0.3 is 5.32 Å². The van der Waals surface area contributed by atoms with Crippen molar-refractivity contribution >= 4 is 12.0 Å². The van der Waals surface area contributed by atoms with Crippen LogP contribution in [-0.4, -0.2) is 11.9 Å². The Morgan fingerprint density at radius 2 is 1.89 bits per heavy atom. The van der Waals surface area contributed by atoms with E-state index in [2.05, 4.69) is 23.5 Å². The van der Waals surface area contributed by atoms with Gasteiger partial charge in [-0.2, -0.15) is 0 Å². The highest BCUT2D eigenvalue weighted by molar-refractivity contribution is 5.80. The molecule has 0 spiro atoms. The minimum Gasteiger partial charge on any atom is -0.353 e. The number of benzene rings is 1. The fourth-order valence-corrected chi connectivity index (χ4v) is 2.66. The Hall–Kier alpha value is -1.57. The molecule has 2 nitrogen and oxygen atoms in total. The first-order valence-electron chi connectivity index (χ1n) is 7.25. The van der Waals surface area contributed by atoms with Gasteiger partial charge in [0.2, 0.25) is 5.91 Å². The average molecular weight is 257 g/mol. The van der Waals surface area contributed by atoms with E-state index in [4.69, 9.17) is 0 Å². The van der Waals surface area contributed by atoms with E-state index in [-0.39, 0.29) is 5.91 Å². The van der Waals surface area contributed by atoms with Gasteiger partial charge in [0, 0.05) is 12.5 Å². The second-order valence-electron chi connectivity index (χ2n) is 5.48. The molecule has 1 N–H and O–H groups in total. The van der Waals surface area contributed by atoms with E-state index >= 15 is 0 Å². The maximum Gasteiger partial charge on any atom is 0.224 e. The molecule has 1 aromatic carbocycles. The maximum absolute atomic E-state index is 12.0. The summed E-state index contributed by atoms with van der Waals surface area (Å²) in [6, 6.07) is 10.6. The molecule has 0 unspecified atom stereocenters. The number of carbonyl (C=O) groups is 1. The SMILES string of the molecule is C/C(=C/c1ccccc1)CC(=O)NC1CCCCC1. The summed E-state index contributed by atoms with van der Waals surface area (Å²) in [5, 5.41) is 3.16. The zero-order valence-electron chi connectivity index (χ0n) is 11.7. The van der Waals surface area contributed by atoms with E-state index in [9.17, 15) is 4.79 Å². The quantitative estimate of drug-likeness (QED) is 0.870. The minimum atomic E-state index is 0.164. The van der Waals surface area contributed by atoms with E-state index in [0.29, 0.717) is 12.5 Å². The number of hydrogen-bond donors (Lipinski definition) is 1. The Kier molecular flexibility index (Phi) is 5.20. The second kappa shape index (κ2) is 7.13. The van der Waals surface area contributed by atoms with Crippen LogP contribution in [0.15, 0.2) is 35.9 Å². The lowest BCUT2D eigenvalue weighted by atomic mass is 9.95. The third-order valence-corrected chi connectivity index (χ3v) is 3.62. The molecule has 2 rings (SSSR count). The Balaban J connectivity index is 1.82. The van der Waals surface area contributed by atoms with E-state index in [0.717, 1.165) is 24.0 Å². The van der Waals surface area contributed by atoms with Crippen molar-refractivity contribution in [3.63, 3.8) is 0 Å². The lowest BCUT2D eigenvalue weighted by molar-refractivity contribution is -0.121. The van der Waals surface area contributed by atoms with Crippen molar-refractivity contribution < 1.29 is 4.79 Å². The highest BCUT2D eigenvalue weighted by Gasteiger charge is 2.15. The number of amides is 1. The van der Waals surface area contributed by atoms with E-state index in [1.54, 1.807) is 0 Å². The molecule has 0 aromatic heterocycles. The fourth-order valence-electron chi connectivity index (χ4n) is 2.66. The van der Waals surface area contributed by atoms with Gasteiger partial charge in [-0.25, -0.2) is 0 Å². The molecule has 0 aliphatic heterocycles. The van der Waals surface area contributed by atoms with E-state index in [1.165, 1.54) is 19.3 Å². The van der Waals surface area contributed by atoms with Crippen LogP contribution in [0.5, 0.6) is 0 Å². The molecular weight excluding hydrogens is 234 g/mol. The highest BCUT2D eigenvalue weighted by Crippen LogP contribution is 2.18. The Morgan fingerprint density at radius 1 is 1.21 bits per heavy atom. The molecule has 0 heterocycles. The molecule has 1 fully saturated rings. The van der Waals surface area contributed by atoms with Crippen molar-refractivity contribution in [1.82, 2.24) is 5.32 Å². The molecule has 1 aromatic rings. The van der Waals surface area contributed by atoms with Crippen LogP contribution in [0.3, 0.4) is 0 Å². The second-order valence-corrected chi connectivity index (χ2v) is 5.48. The van der Waals surface area contributed by atoms with Crippen LogP contribution in [-0.2, 0) is 4.79 Å². The largest absolute Gasteiger partial charge is 0.353 e. The zero-order valence-corrected chi connectivity index (χ0v) is 11.7. The third kappa shape index (κ3) is 4.90. The van der Waals surface area contributed by atoms with Crippen LogP contribution in [0.25, 0.3) is 6.08 Å². The van der Waals surface area contributed by atoms with Crippen LogP contribution in [0, 0.1) is 0 Å². The van der Waals surface area contributed by atoms with E-state index < -0.39 is 0 Å². The smallest absolute Gasteiger partial charge is 0.224 e. The Bertz CT molecular complexity index is 430. The summed E-state index contributed by atoms with van der Waals surface area (Å²) in [7, 11) is 0. The fraction of sp³-hybridized carbons (Fsp3) is 0.471. The maximum atomic E-state index is 12.0. The first-order chi connectivity index (χ1) is 9.24. The average Bonchev–Trinajstić information content (AvgIpc) is 2.40. The van der Waals surface area contributed by atoms with Crippen molar-refractivity contribution in [2.45, 2.75) is 51.5 Å². The molecular formula is C17H23NO. The number of carbonyl (C=O) groups excluding carboxylic acids is 1. The molecule has 0 bridgehead atoms. The molecule has 1 amide bonds. The van der Waals surface area contributed by atoms with Gasteiger partial charge in [0.1, 0.15) is 0 Å². The molecule has 0 radical (unpaired) electrons. The highest BCUT2D eigenvalue weighted by atomic mass is 16.1. The minimum absolute atomic E-state index is 0.164. The van der Waals surface area contributed by atoms with Gasteiger partial charge in [0.25, 0.3) is 0 Å². The van der Waals surface area contributed by atoms with Gasteiger partial charge in [-0.15, -0.1) is 0 Å². The summed E-state index contributed by atoms with van der Waals surface area (Å²) in [5.74, 6) is 0.164. The summed E-state index contributed by atoms with van der Waals surface area (Å²) >= 11 is 0. The molecule has 1 aliphatic carbocycles. The summed E-state index contributed by atoms with van der Waals surface area (Å²) in [6.45, 7) is 2.02. The Labute approximate surface area is 115 Å². The van der Waals surface area contributed by atoms with Gasteiger partial charge in [-0.05, 0) is 25.3 Å². The van der Waals surface area contributed by atoms with Crippen molar-refractivity contribution in [2.75, 3.05) is 0 Å². The predicted octanol–water partition coefficient (Wildman–Crippen LogP) is 3.93. The van der Waals surface area contributed by atoms with Crippen molar-refractivity contribution in [2.24, 2.45) is 0 Å². The van der Waals surface area contributed by atoms with Gasteiger partial charge in [0.05, 0.1) is 0 Å². The van der Waals surface area contributed by atoms with Crippen LogP contribution in [0.1, 0.15) is 51.0 Å². The number of nitrogens with one attached hydrogen (secondary N) is 1. The number of rotatable bonds is 4. The summed E-state index contributed by atoms with van der Waals surface area (Å²) < 4.78 is 0. The molecule has 0 saturated heterocycles. The van der Waals surface area contributed by atoms with Crippen molar-refractivity contribution in [3.05, 3.63) is 41.5 Å². The predicted molar refractivity (Wildman–Crippen MR) is 79.7 cm³/mol. The lowest BCUT2D eigenvalue weighted by Crippen LogP contribution is -2.36. The van der Waals surface area contributed by atoms with Gasteiger partial charge in [-0.3, -0.25) is 4.79 Å². The topological polar surface area (TPSA) is 29.1 Å². The monoisotopic (exact) mass is 257 g/mol. The van der Waals surface area contributed by atoms with Crippen LogP contribution in [0.4, 0.5) is 0 Å². The first-order valence-corrected chi connectivity index (χ1v) is 7.25. The normalized spacial score (nSPS) is 17.2. The molecule has 0 atom stereocenters. The van der Waals surface area contributed by atoms with E-state index in [1.807, 2.05) is 25.1 Å². The summed E-state index contributed by atoms with van der Waals surface area (Å²) in [4.78, 5) is 12.0. The molecule has 2 heteroatoms. The van der Waals surface area contributed by atoms with Gasteiger partial charge in [0.15, 0.2) is 0 Å². The Morgan fingerprint density at radius 3 is 2.58 bits per heavy atom. The summed E-state index contributed by atoms with van der Waals surface area (Å²) in [5.41, 5.74) is 2.27. The van der Waals surface area contributed by atoms with Crippen LogP contribution < -0.4 is 5.32 Å². The third-order valence-electron chi connectivity index (χ3n) is 3.62. The lowest BCUT2D eigenvalue weighted by Gasteiger charge is -2.22. The molecule has 102 valence electrons. The standard InChI is InChI=1S/C17H23NO/c1-14(12-15-8-4-2-5-9-15)13-17(19)18-16-10-6-3-7-11-16/h2,4-5,8-9,12,16H,3,6-7,10-11,13H2,1H3,(H,18,19)/b14-12-. The molecule has 1 aliphatic rings. The van der Waals surface area contributed by atoms with Gasteiger partial charge >= 0.3 is 0 Å². The molecule has 19 heavy (non-hydrogen) atoms. The van der Waals surface area contributed by atoms with Crippen molar-refractivity contribution in [3.8, 4) is 0 Å². The van der Waals surface area contributed by atoms with Gasteiger partial charge in [-0.1, -0.05) is 61.2 Å². The summed E-state index contributed by atoms with van der Waals surface area (Å²) in [6.07, 6.45) is 8.71. The number of hydrogen-bond acceptors (Lipinski definition) is 1. The van der Waals surface area contributed by atoms with Crippen LogP contribution >= 0.6 is 0 Å². The van der Waals surface area contributed by atoms with Crippen LogP contribution in [0.2, 0.25) is 0 Å².